The molecular formula is C10H7ClN2O2. The van der Waals surface area contributed by atoms with Crippen molar-refractivity contribution in [3.8, 4) is 17.1 Å². The molecule has 76 valence electrons. The zero-order valence-electron chi connectivity index (χ0n) is 7.74. The minimum atomic E-state index is 0.0572. The molecule has 0 N–H and O–H groups in total. The van der Waals surface area contributed by atoms with Gasteiger partial charge in [0.1, 0.15) is 5.75 Å². The number of hydrogen-bond acceptors (Lipinski definition) is 4. The highest BCUT2D eigenvalue weighted by atomic mass is 35.5. The second-order valence-electron chi connectivity index (χ2n) is 3.29. The first-order chi connectivity index (χ1) is 7.33. The van der Waals surface area contributed by atoms with Gasteiger partial charge in [0.25, 0.3) is 0 Å². The molecule has 1 aliphatic rings. The second kappa shape index (κ2) is 3.24. The number of fused-ring (bicyclic) bond motifs is 1. The quantitative estimate of drug-likeness (QED) is 0.743. The molecule has 0 fully saturated rings. The molecule has 3 rings (SSSR count). The summed E-state index contributed by atoms with van der Waals surface area (Å²) in [6, 6.07) is 5.82. The van der Waals surface area contributed by atoms with Crippen LogP contribution in [0.3, 0.4) is 0 Å². The first kappa shape index (κ1) is 8.73. The van der Waals surface area contributed by atoms with Gasteiger partial charge >= 0.3 is 5.35 Å². The molecule has 0 bridgehead atoms. The van der Waals surface area contributed by atoms with Gasteiger partial charge in [-0.3, -0.25) is 0 Å². The lowest BCUT2D eigenvalue weighted by atomic mass is 10.1. The summed E-state index contributed by atoms with van der Waals surface area (Å²) in [6.07, 6.45) is 0.925. The van der Waals surface area contributed by atoms with Crippen LogP contribution in [0.2, 0.25) is 5.35 Å². The third kappa shape index (κ3) is 1.47. The Morgan fingerprint density at radius 3 is 3.07 bits per heavy atom. The number of benzene rings is 1. The smallest absolute Gasteiger partial charge is 0.320 e. The molecule has 0 radical (unpaired) electrons. The lowest BCUT2D eigenvalue weighted by Crippen LogP contribution is -1.85. The van der Waals surface area contributed by atoms with Gasteiger partial charge in [-0.2, -0.15) is 4.98 Å². The molecule has 4 nitrogen and oxygen atoms in total. The van der Waals surface area contributed by atoms with Crippen LogP contribution in [0.15, 0.2) is 22.7 Å². The van der Waals surface area contributed by atoms with Crippen LogP contribution in [0.25, 0.3) is 11.4 Å². The molecule has 15 heavy (non-hydrogen) atoms. The van der Waals surface area contributed by atoms with Gasteiger partial charge in [0.05, 0.1) is 6.61 Å². The van der Waals surface area contributed by atoms with Gasteiger partial charge in [-0.15, -0.1) is 0 Å². The van der Waals surface area contributed by atoms with Crippen LogP contribution in [0, 0.1) is 0 Å². The van der Waals surface area contributed by atoms with E-state index in [2.05, 4.69) is 10.1 Å². The van der Waals surface area contributed by atoms with E-state index in [0.29, 0.717) is 5.82 Å². The summed E-state index contributed by atoms with van der Waals surface area (Å²) in [7, 11) is 0. The monoisotopic (exact) mass is 222 g/mol. The summed E-state index contributed by atoms with van der Waals surface area (Å²) < 4.78 is 10.1. The minimum absolute atomic E-state index is 0.0572. The molecule has 5 heteroatoms. The van der Waals surface area contributed by atoms with Gasteiger partial charge in [-0.25, -0.2) is 0 Å². The number of halogens is 1. The van der Waals surface area contributed by atoms with Gasteiger partial charge in [0.2, 0.25) is 5.82 Å². The van der Waals surface area contributed by atoms with Crippen molar-refractivity contribution in [2.24, 2.45) is 0 Å². The SMILES string of the molecule is Clc1nc(-c2ccc3c(c2)CCO3)no1. The van der Waals surface area contributed by atoms with Crippen molar-refractivity contribution in [2.75, 3.05) is 6.61 Å². The van der Waals surface area contributed by atoms with Gasteiger partial charge in [0.15, 0.2) is 0 Å². The van der Waals surface area contributed by atoms with Crippen molar-refractivity contribution in [3.05, 3.63) is 29.1 Å². The Morgan fingerprint density at radius 1 is 1.33 bits per heavy atom. The molecule has 1 aromatic carbocycles. The predicted molar refractivity (Wildman–Crippen MR) is 53.9 cm³/mol. The zero-order chi connectivity index (χ0) is 10.3. The molecule has 0 saturated carbocycles. The second-order valence-corrected chi connectivity index (χ2v) is 3.62. The molecule has 0 aliphatic carbocycles. The highest BCUT2D eigenvalue weighted by Gasteiger charge is 2.14. The van der Waals surface area contributed by atoms with E-state index in [1.165, 1.54) is 5.56 Å². The minimum Gasteiger partial charge on any atom is -0.493 e. The molecule has 1 aliphatic heterocycles. The highest BCUT2D eigenvalue weighted by Crippen LogP contribution is 2.29. The van der Waals surface area contributed by atoms with Crippen molar-refractivity contribution in [1.29, 1.82) is 0 Å². The van der Waals surface area contributed by atoms with Crippen LogP contribution in [-0.2, 0) is 6.42 Å². The highest BCUT2D eigenvalue weighted by molar-refractivity contribution is 6.27. The summed E-state index contributed by atoms with van der Waals surface area (Å²) >= 11 is 5.56. The van der Waals surface area contributed by atoms with Crippen molar-refractivity contribution < 1.29 is 9.26 Å². The Hall–Kier alpha value is -1.55. The van der Waals surface area contributed by atoms with Gasteiger partial charge in [0, 0.05) is 12.0 Å². The van der Waals surface area contributed by atoms with Crippen LogP contribution in [-0.4, -0.2) is 16.7 Å². The van der Waals surface area contributed by atoms with Gasteiger partial charge in [-0.1, -0.05) is 5.16 Å². The van der Waals surface area contributed by atoms with Crippen LogP contribution in [0.5, 0.6) is 5.75 Å². The number of nitrogens with zero attached hydrogens (tertiary/aromatic N) is 2. The number of ether oxygens (including phenoxy) is 1. The molecular weight excluding hydrogens is 216 g/mol. The first-order valence-corrected chi connectivity index (χ1v) is 4.96. The van der Waals surface area contributed by atoms with Crippen molar-refractivity contribution >= 4 is 11.6 Å². The predicted octanol–water partition coefficient (Wildman–Crippen LogP) is 2.32. The summed E-state index contributed by atoms with van der Waals surface area (Å²) in [6.45, 7) is 0.742. The van der Waals surface area contributed by atoms with Gasteiger partial charge in [-0.05, 0) is 35.4 Å². The van der Waals surface area contributed by atoms with E-state index in [1.54, 1.807) is 0 Å². The molecule has 0 saturated heterocycles. The van der Waals surface area contributed by atoms with E-state index >= 15 is 0 Å². The van der Waals surface area contributed by atoms with Crippen molar-refractivity contribution in [1.82, 2.24) is 10.1 Å². The fourth-order valence-electron chi connectivity index (χ4n) is 1.65. The Bertz CT molecular complexity index is 510. The van der Waals surface area contributed by atoms with Gasteiger partial charge < -0.3 is 9.26 Å². The Labute approximate surface area is 90.8 Å². The molecule has 2 aromatic rings. The van der Waals surface area contributed by atoms with Crippen molar-refractivity contribution in [3.63, 3.8) is 0 Å². The van der Waals surface area contributed by atoms with E-state index in [4.69, 9.17) is 20.9 Å². The fourth-order valence-corrected chi connectivity index (χ4v) is 1.76. The summed E-state index contributed by atoms with van der Waals surface area (Å²) in [5.41, 5.74) is 2.07. The van der Waals surface area contributed by atoms with Crippen LogP contribution in [0.4, 0.5) is 0 Å². The molecule has 0 unspecified atom stereocenters. The van der Waals surface area contributed by atoms with Crippen LogP contribution >= 0.6 is 11.6 Å². The average Bonchev–Trinajstić information content (AvgIpc) is 2.84. The van der Waals surface area contributed by atoms with Crippen LogP contribution < -0.4 is 4.74 Å². The third-order valence-electron chi connectivity index (χ3n) is 2.35. The maximum Gasteiger partial charge on any atom is 0.320 e. The number of rotatable bonds is 1. The molecule has 2 heterocycles. The van der Waals surface area contributed by atoms with E-state index in [-0.39, 0.29) is 5.35 Å². The van der Waals surface area contributed by atoms with E-state index < -0.39 is 0 Å². The van der Waals surface area contributed by atoms with Crippen molar-refractivity contribution in [2.45, 2.75) is 6.42 Å². The standard InChI is InChI=1S/C10H7ClN2O2/c11-10-12-9(13-15-10)7-1-2-8-6(5-7)3-4-14-8/h1-2,5H,3-4H2. The molecule has 0 spiro atoms. The maximum absolute atomic E-state index is 5.56. The number of hydrogen-bond donors (Lipinski definition) is 0. The molecule has 0 atom stereocenters. The molecule has 1 aromatic heterocycles. The largest absolute Gasteiger partial charge is 0.493 e. The first-order valence-electron chi connectivity index (χ1n) is 4.58. The average molecular weight is 223 g/mol. The zero-order valence-corrected chi connectivity index (χ0v) is 8.49. The van der Waals surface area contributed by atoms with E-state index in [0.717, 1.165) is 24.3 Å². The number of aromatic nitrogens is 2. The van der Waals surface area contributed by atoms with E-state index in [1.807, 2.05) is 18.2 Å². The lowest BCUT2D eigenvalue weighted by Gasteiger charge is -1.99. The Balaban J connectivity index is 2.06. The Morgan fingerprint density at radius 2 is 2.27 bits per heavy atom. The normalized spacial score (nSPS) is 13.7. The lowest BCUT2D eigenvalue weighted by molar-refractivity contribution is 0.357. The van der Waals surface area contributed by atoms with Crippen LogP contribution in [0.1, 0.15) is 5.56 Å². The topological polar surface area (TPSA) is 48.2 Å². The van der Waals surface area contributed by atoms with E-state index in [9.17, 15) is 0 Å². The summed E-state index contributed by atoms with van der Waals surface area (Å²) in [4.78, 5) is 3.95. The third-order valence-corrected chi connectivity index (χ3v) is 2.50. The summed E-state index contributed by atoms with van der Waals surface area (Å²) in [5.74, 6) is 1.45. The Kier molecular flexibility index (Phi) is 1.89. The fraction of sp³-hybridized carbons (Fsp3) is 0.200. The summed E-state index contributed by atoms with van der Waals surface area (Å²) in [5, 5.41) is 3.81. The maximum atomic E-state index is 5.56. The molecule has 0 amide bonds.